The zero-order valence-electron chi connectivity index (χ0n) is 13.7. The van der Waals surface area contributed by atoms with Crippen LogP contribution in [0.5, 0.6) is 11.5 Å². The normalized spacial score (nSPS) is 21.0. The largest absolute Gasteiger partial charge is 0.490 e. The summed E-state index contributed by atoms with van der Waals surface area (Å²) >= 11 is 0. The van der Waals surface area contributed by atoms with Crippen molar-refractivity contribution < 1.29 is 9.47 Å². The van der Waals surface area contributed by atoms with E-state index in [4.69, 9.17) is 9.47 Å². The SMILES string of the molecule is CCOc1ccccc1OCCNC1CCCCC1(C)C. The third-order valence-electron chi connectivity index (χ3n) is 4.41. The van der Waals surface area contributed by atoms with Gasteiger partial charge in [0, 0.05) is 12.6 Å². The van der Waals surface area contributed by atoms with Crippen molar-refractivity contribution in [2.24, 2.45) is 5.41 Å². The van der Waals surface area contributed by atoms with Gasteiger partial charge in [-0.05, 0) is 37.3 Å². The number of rotatable bonds is 7. The minimum absolute atomic E-state index is 0.404. The van der Waals surface area contributed by atoms with E-state index in [0.717, 1.165) is 18.0 Å². The van der Waals surface area contributed by atoms with Crippen LogP contribution in [0.3, 0.4) is 0 Å². The van der Waals surface area contributed by atoms with Crippen molar-refractivity contribution >= 4 is 0 Å². The summed E-state index contributed by atoms with van der Waals surface area (Å²) < 4.78 is 11.4. The highest BCUT2D eigenvalue weighted by atomic mass is 16.5. The number of ether oxygens (including phenoxy) is 2. The second kappa shape index (κ2) is 7.69. The molecule has 21 heavy (non-hydrogen) atoms. The summed E-state index contributed by atoms with van der Waals surface area (Å²) in [5.41, 5.74) is 0.404. The summed E-state index contributed by atoms with van der Waals surface area (Å²) in [6.07, 6.45) is 5.31. The summed E-state index contributed by atoms with van der Waals surface area (Å²) in [4.78, 5) is 0. The Balaban J connectivity index is 1.77. The molecule has 1 aromatic carbocycles. The van der Waals surface area contributed by atoms with Crippen LogP contribution in [0.1, 0.15) is 46.5 Å². The number of hydrogen-bond acceptors (Lipinski definition) is 3. The van der Waals surface area contributed by atoms with Crippen molar-refractivity contribution in [2.45, 2.75) is 52.5 Å². The molecule has 0 amide bonds. The van der Waals surface area contributed by atoms with Gasteiger partial charge in [-0.1, -0.05) is 38.8 Å². The Morgan fingerprint density at radius 1 is 1.14 bits per heavy atom. The van der Waals surface area contributed by atoms with Gasteiger partial charge in [0.05, 0.1) is 6.61 Å². The lowest BCUT2D eigenvalue weighted by atomic mass is 9.73. The summed E-state index contributed by atoms with van der Waals surface area (Å²) in [6.45, 7) is 8.95. The predicted octanol–water partition coefficient (Wildman–Crippen LogP) is 4.02. The average Bonchev–Trinajstić information content (AvgIpc) is 2.46. The van der Waals surface area contributed by atoms with Crippen molar-refractivity contribution in [3.63, 3.8) is 0 Å². The summed E-state index contributed by atoms with van der Waals surface area (Å²) in [6, 6.07) is 8.49. The maximum absolute atomic E-state index is 5.86. The molecular weight excluding hydrogens is 262 g/mol. The van der Waals surface area contributed by atoms with Gasteiger partial charge in [0.15, 0.2) is 11.5 Å². The van der Waals surface area contributed by atoms with E-state index in [1.165, 1.54) is 25.7 Å². The molecule has 1 unspecified atom stereocenters. The lowest BCUT2D eigenvalue weighted by Crippen LogP contribution is -2.45. The number of nitrogens with one attached hydrogen (secondary N) is 1. The Kier molecular flexibility index (Phi) is 5.92. The minimum Gasteiger partial charge on any atom is -0.490 e. The summed E-state index contributed by atoms with van der Waals surface area (Å²) in [5.74, 6) is 1.67. The highest BCUT2D eigenvalue weighted by molar-refractivity contribution is 5.39. The third kappa shape index (κ3) is 4.63. The number of para-hydroxylation sites is 2. The van der Waals surface area contributed by atoms with Gasteiger partial charge in [-0.25, -0.2) is 0 Å². The molecule has 118 valence electrons. The second-order valence-corrected chi connectivity index (χ2v) is 6.47. The van der Waals surface area contributed by atoms with E-state index < -0.39 is 0 Å². The van der Waals surface area contributed by atoms with E-state index in [1.807, 2.05) is 31.2 Å². The molecule has 0 heterocycles. The molecule has 1 fully saturated rings. The Morgan fingerprint density at radius 3 is 2.52 bits per heavy atom. The molecule has 0 aromatic heterocycles. The first-order chi connectivity index (χ1) is 10.1. The summed E-state index contributed by atoms with van der Waals surface area (Å²) in [7, 11) is 0. The molecule has 1 saturated carbocycles. The van der Waals surface area contributed by atoms with Gasteiger partial charge in [0.1, 0.15) is 6.61 Å². The van der Waals surface area contributed by atoms with Crippen LogP contribution in [-0.4, -0.2) is 25.8 Å². The van der Waals surface area contributed by atoms with Crippen LogP contribution in [0.2, 0.25) is 0 Å². The van der Waals surface area contributed by atoms with E-state index in [-0.39, 0.29) is 0 Å². The molecule has 1 atom stereocenters. The molecular formula is C18H29NO2. The highest BCUT2D eigenvalue weighted by Crippen LogP contribution is 2.35. The predicted molar refractivity (Wildman–Crippen MR) is 87.1 cm³/mol. The van der Waals surface area contributed by atoms with Crippen molar-refractivity contribution in [3.05, 3.63) is 24.3 Å². The van der Waals surface area contributed by atoms with Crippen LogP contribution in [0.15, 0.2) is 24.3 Å². The first-order valence-corrected chi connectivity index (χ1v) is 8.21. The zero-order valence-corrected chi connectivity index (χ0v) is 13.7. The standard InChI is InChI=1S/C18H29NO2/c1-4-20-15-9-5-6-10-16(15)21-14-13-19-17-11-7-8-12-18(17,2)3/h5-6,9-10,17,19H,4,7-8,11-14H2,1-3H3. The monoisotopic (exact) mass is 291 g/mol. The molecule has 2 rings (SSSR count). The van der Waals surface area contributed by atoms with E-state index in [1.54, 1.807) is 0 Å². The Hall–Kier alpha value is -1.22. The molecule has 1 aromatic rings. The molecule has 0 aliphatic heterocycles. The topological polar surface area (TPSA) is 30.5 Å². The van der Waals surface area contributed by atoms with Crippen LogP contribution < -0.4 is 14.8 Å². The first kappa shape index (κ1) is 16.2. The van der Waals surface area contributed by atoms with Crippen LogP contribution in [0.4, 0.5) is 0 Å². The van der Waals surface area contributed by atoms with Crippen molar-refractivity contribution in [2.75, 3.05) is 19.8 Å². The summed E-state index contributed by atoms with van der Waals surface area (Å²) in [5, 5.41) is 3.67. The molecule has 0 bridgehead atoms. The van der Waals surface area contributed by atoms with E-state index in [0.29, 0.717) is 24.7 Å². The molecule has 3 heteroatoms. The molecule has 3 nitrogen and oxygen atoms in total. The first-order valence-electron chi connectivity index (χ1n) is 8.21. The average molecular weight is 291 g/mol. The Morgan fingerprint density at radius 2 is 1.86 bits per heavy atom. The van der Waals surface area contributed by atoms with Gasteiger partial charge >= 0.3 is 0 Å². The van der Waals surface area contributed by atoms with Crippen molar-refractivity contribution in [1.29, 1.82) is 0 Å². The smallest absolute Gasteiger partial charge is 0.161 e. The Bertz CT molecular complexity index is 431. The number of benzene rings is 1. The molecule has 0 spiro atoms. The van der Waals surface area contributed by atoms with Crippen LogP contribution in [0.25, 0.3) is 0 Å². The van der Waals surface area contributed by atoms with Crippen LogP contribution >= 0.6 is 0 Å². The van der Waals surface area contributed by atoms with Gasteiger partial charge in [0.2, 0.25) is 0 Å². The third-order valence-corrected chi connectivity index (χ3v) is 4.41. The highest BCUT2D eigenvalue weighted by Gasteiger charge is 2.31. The molecule has 0 radical (unpaired) electrons. The van der Waals surface area contributed by atoms with E-state index in [9.17, 15) is 0 Å². The lowest BCUT2D eigenvalue weighted by molar-refractivity contribution is 0.160. The van der Waals surface area contributed by atoms with Gasteiger partial charge in [-0.2, -0.15) is 0 Å². The van der Waals surface area contributed by atoms with Gasteiger partial charge in [-0.15, -0.1) is 0 Å². The fraction of sp³-hybridized carbons (Fsp3) is 0.667. The Labute approximate surface area is 129 Å². The molecule has 1 aliphatic carbocycles. The molecule has 0 saturated heterocycles. The molecule has 1 aliphatic rings. The van der Waals surface area contributed by atoms with Gasteiger partial charge in [0.25, 0.3) is 0 Å². The lowest BCUT2D eigenvalue weighted by Gasteiger charge is -2.39. The minimum atomic E-state index is 0.404. The number of hydrogen-bond donors (Lipinski definition) is 1. The maximum atomic E-state index is 5.86. The van der Waals surface area contributed by atoms with Crippen molar-refractivity contribution in [3.8, 4) is 11.5 Å². The van der Waals surface area contributed by atoms with Crippen LogP contribution in [0, 0.1) is 5.41 Å². The maximum Gasteiger partial charge on any atom is 0.161 e. The van der Waals surface area contributed by atoms with E-state index >= 15 is 0 Å². The second-order valence-electron chi connectivity index (χ2n) is 6.47. The quantitative estimate of drug-likeness (QED) is 0.770. The zero-order chi connectivity index (χ0) is 15.1. The van der Waals surface area contributed by atoms with Gasteiger partial charge in [-0.3, -0.25) is 0 Å². The van der Waals surface area contributed by atoms with E-state index in [2.05, 4.69) is 19.2 Å². The van der Waals surface area contributed by atoms with Gasteiger partial charge < -0.3 is 14.8 Å². The fourth-order valence-electron chi connectivity index (χ4n) is 3.11. The van der Waals surface area contributed by atoms with Crippen molar-refractivity contribution in [1.82, 2.24) is 5.32 Å². The van der Waals surface area contributed by atoms with Crippen LogP contribution in [-0.2, 0) is 0 Å². The molecule has 1 N–H and O–H groups in total. The fourth-order valence-corrected chi connectivity index (χ4v) is 3.11.